The van der Waals surface area contributed by atoms with E-state index in [0.29, 0.717) is 28.8 Å². The van der Waals surface area contributed by atoms with E-state index >= 15 is 0 Å². The standard InChI is InChI=1S/C23H26FN7OS/c24-14-4-1-11-27-20(14)23(8-3-9-23)13-29-18-7-6-16(30-31-18)22-28-12-17(33-22)19(21(25)32)15-5-2-10-26-15/h1,4,6-7,11-12,15,19,26H,2-3,5,8-10,13H2,(H2,25,32)(H,29,31)/t15-,19?/m0/s1. The van der Waals surface area contributed by atoms with Gasteiger partial charge in [-0.1, -0.05) is 6.42 Å². The molecule has 0 bridgehead atoms. The van der Waals surface area contributed by atoms with Crippen LogP contribution in [0, 0.1) is 5.82 Å². The molecule has 10 heteroatoms. The van der Waals surface area contributed by atoms with Gasteiger partial charge in [-0.15, -0.1) is 21.5 Å². The number of thiazole rings is 1. The third kappa shape index (κ3) is 4.32. The van der Waals surface area contributed by atoms with Crippen LogP contribution in [0.25, 0.3) is 10.7 Å². The first-order valence-electron chi connectivity index (χ1n) is 11.2. The van der Waals surface area contributed by atoms with E-state index in [1.54, 1.807) is 18.5 Å². The summed E-state index contributed by atoms with van der Waals surface area (Å²) >= 11 is 1.42. The zero-order valence-electron chi connectivity index (χ0n) is 18.1. The van der Waals surface area contributed by atoms with E-state index < -0.39 is 5.92 Å². The SMILES string of the molecule is NC(=O)C(c1cnc(-c2ccc(NCC3(c4ncccc4F)CCC3)nn2)s1)[C@@H]1CCCN1. The number of halogens is 1. The lowest BCUT2D eigenvalue weighted by atomic mass is 9.66. The smallest absolute Gasteiger partial charge is 0.227 e. The molecule has 3 aromatic heterocycles. The Kier molecular flexibility index (Phi) is 6.03. The molecule has 1 aliphatic heterocycles. The fourth-order valence-corrected chi connectivity index (χ4v) is 5.81. The lowest BCUT2D eigenvalue weighted by Crippen LogP contribution is -2.42. The lowest BCUT2D eigenvalue weighted by molar-refractivity contribution is -0.119. The van der Waals surface area contributed by atoms with Gasteiger partial charge in [0.05, 0.1) is 11.6 Å². The minimum absolute atomic E-state index is 0.0521. The number of anilines is 1. The molecule has 5 rings (SSSR count). The lowest BCUT2D eigenvalue weighted by Gasteiger charge is -2.41. The fraction of sp³-hybridized carbons (Fsp3) is 0.435. The molecule has 3 aromatic rings. The summed E-state index contributed by atoms with van der Waals surface area (Å²) in [6.45, 7) is 1.44. The van der Waals surface area contributed by atoms with Gasteiger partial charge in [0.25, 0.3) is 0 Å². The van der Waals surface area contributed by atoms with Crippen molar-refractivity contribution in [1.29, 1.82) is 0 Å². The van der Waals surface area contributed by atoms with Crippen molar-refractivity contribution in [2.75, 3.05) is 18.4 Å². The highest BCUT2D eigenvalue weighted by Crippen LogP contribution is 2.43. The Bertz CT molecular complexity index is 1130. The molecule has 4 heterocycles. The largest absolute Gasteiger partial charge is 0.369 e. The number of nitrogens with two attached hydrogens (primary N) is 1. The molecule has 8 nitrogen and oxygen atoms in total. The van der Waals surface area contributed by atoms with Gasteiger partial charge in [-0.3, -0.25) is 9.78 Å². The molecular weight excluding hydrogens is 441 g/mol. The number of carbonyl (C=O) groups is 1. The van der Waals surface area contributed by atoms with Gasteiger partial charge < -0.3 is 16.4 Å². The van der Waals surface area contributed by atoms with Crippen LogP contribution in [-0.2, 0) is 10.2 Å². The number of carbonyl (C=O) groups excluding carboxylic acids is 1. The molecule has 1 amide bonds. The molecule has 1 saturated heterocycles. The molecule has 0 spiro atoms. The monoisotopic (exact) mass is 467 g/mol. The number of amides is 1. The number of nitrogens with zero attached hydrogens (tertiary/aromatic N) is 4. The van der Waals surface area contributed by atoms with Gasteiger partial charge in [0.1, 0.15) is 22.3 Å². The third-order valence-electron chi connectivity index (χ3n) is 6.70. The van der Waals surface area contributed by atoms with Crippen LogP contribution < -0.4 is 16.4 Å². The summed E-state index contributed by atoms with van der Waals surface area (Å²) in [6, 6.07) is 6.82. The number of nitrogens with one attached hydrogen (secondary N) is 2. The van der Waals surface area contributed by atoms with Crippen molar-refractivity contribution in [2.45, 2.75) is 49.5 Å². The van der Waals surface area contributed by atoms with Crippen molar-refractivity contribution >= 4 is 23.1 Å². The molecule has 2 aliphatic rings. The molecule has 1 aliphatic carbocycles. The maximum atomic E-state index is 14.3. The van der Waals surface area contributed by atoms with Crippen LogP contribution in [0.5, 0.6) is 0 Å². The van der Waals surface area contributed by atoms with Crippen molar-refractivity contribution in [3.63, 3.8) is 0 Å². The summed E-state index contributed by atoms with van der Waals surface area (Å²) < 4.78 is 14.3. The normalized spacial score (nSPS) is 20.2. The highest BCUT2D eigenvalue weighted by atomic mass is 32.1. The number of hydrogen-bond donors (Lipinski definition) is 3. The Morgan fingerprint density at radius 2 is 2.15 bits per heavy atom. The molecule has 2 atom stereocenters. The molecule has 172 valence electrons. The minimum atomic E-state index is -0.390. The average Bonchev–Trinajstić information content (AvgIpc) is 3.48. The summed E-state index contributed by atoms with van der Waals surface area (Å²) in [5.41, 5.74) is 6.53. The predicted molar refractivity (Wildman–Crippen MR) is 124 cm³/mol. The van der Waals surface area contributed by atoms with Gasteiger partial charge in [0.2, 0.25) is 5.91 Å². The number of hydrogen-bond acceptors (Lipinski definition) is 8. The average molecular weight is 468 g/mol. The number of aromatic nitrogens is 4. The molecule has 0 aromatic carbocycles. The van der Waals surface area contributed by atoms with E-state index in [-0.39, 0.29) is 23.2 Å². The molecular formula is C23H26FN7OS. The van der Waals surface area contributed by atoms with Crippen molar-refractivity contribution in [3.8, 4) is 10.7 Å². The zero-order chi connectivity index (χ0) is 22.8. The third-order valence-corrected chi connectivity index (χ3v) is 7.80. The highest BCUT2D eigenvalue weighted by molar-refractivity contribution is 7.15. The Balaban J connectivity index is 1.27. The van der Waals surface area contributed by atoms with Crippen molar-refractivity contribution in [2.24, 2.45) is 5.73 Å². The molecule has 1 unspecified atom stereocenters. The van der Waals surface area contributed by atoms with E-state index in [2.05, 4.69) is 30.8 Å². The summed E-state index contributed by atoms with van der Waals surface area (Å²) in [7, 11) is 0. The van der Waals surface area contributed by atoms with Gasteiger partial charge in [-0.2, -0.15) is 0 Å². The first-order valence-corrected chi connectivity index (χ1v) is 12.0. The summed E-state index contributed by atoms with van der Waals surface area (Å²) in [5, 5.41) is 16.0. The molecule has 33 heavy (non-hydrogen) atoms. The van der Waals surface area contributed by atoms with Crippen LogP contribution in [0.3, 0.4) is 0 Å². The molecule has 0 radical (unpaired) electrons. The van der Waals surface area contributed by atoms with Crippen LogP contribution in [0.15, 0.2) is 36.7 Å². The van der Waals surface area contributed by atoms with E-state index in [4.69, 9.17) is 5.73 Å². The van der Waals surface area contributed by atoms with Crippen molar-refractivity contribution in [1.82, 2.24) is 25.5 Å². The van der Waals surface area contributed by atoms with E-state index in [1.165, 1.54) is 17.4 Å². The summed E-state index contributed by atoms with van der Waals surface area (Å²) in [5.74, 6) is -0.381. The Morgan fingerprint density at radius 1 is 1.27 bits per heavy atom. The van der Waals surface area contributed by atoms with E-state index in [9.17, 15) is 9.18 Å². The van der Waals surface area contributed by atoms with Crippen LogP contribution in [-0.4, -0.2) is 45.2 Å². The number of rotatable bonds is 8. The van der Waals surface area contributed by atoms with Gasteiger partial charge in [0.15, 0.2) is 0 Å². The Morgan fingerprint density at radius 3 is 2.79 bits per heavy atom. The second-order valence-electron chi connectivity index (χ2n) is 8.78. The maximum absolute atomic E-state index is 14.3. The summed E-state index contributed by atoms with van der Waals surface area (Å²) in [6.07, 6.45) is 8.14. The molecule has 4 N–H and O–H groups in total. The quantitative estimate of drug-likeness (QED) is 0.466. The van der Waals surface area contributed by atoms with E-state index in [0.717, 1.165) is 43.5 Å². The first kappa shape index (κ1) is 21.8. The second kappa shape index (κ2) is 9.11. The Hall–Kier alpha value is -2.98. The second-order valence-corrected chi connectivity index (χ2v) is 9.84. The van der Waals surface area contributed by atoms with Crippen LogP contribution in [0.4, 0.5) is 10.2 Å². The fourth-order valence-electron chi connectivity index (χ4n) is 4.76. The zero-order valence-corrected chi connectivity index (χ0v) is 18.9. The van der Waals surface area contributed by atoms with Crippen LogP contribution >= 0.6 is 11.3 Å². The van der Waals surface area contributed by atoms with Gasteiger partial charge in [0, 0.05) is 35.3 Å². The predicted octanol–water partition coefficient (Wildman–Crippen LogP) is 2.99. The van der Waals surface area contributed by atoms with Gasteiger partial charge >= 0.3 is 0 Å². The topological polar surface area (TPSA) is 119 Å². The van der Waals surface area contributed by atoms with Gasteiger partial charge in [-0.25, -0.2) is 9.37 Å². The summed E-state index contributed by atoms with van der Waals surface area (Å²) in [4.78, 5) is 21.7. The number of pyridine rings is 1. The Labute approximate surface area is 195 Å². The maximum Gasteiger partial charge on any atom is 0.227 e. The van der Waals surface area contributed by atoms with Crippen molar-refractivity contribution in [3.05, 3.63) is 53.0 Å². The highest BCUT2D eigenvalue weighted by Gasteiger charge is 2.41. The van der Waals surface area contributed by atoms with E-state index in [1.807, 2.05) is 12.1 Å². The van der Waals surface area contributed by atoms with Crippen LogP contribution in [0.2, 0.25) is 0 Å². The number of primary amides is 1. The molecule has 1 saturated carbocycles. The van der Waals surface area contributed by atoms with Gasteiger partial charge in [-0.05, 0) is 56.5 Å². The first-order chi connectivity index (χ1) is 16.1. The van der Waals surface area contributed by atoms with Crippen LogP contribution in [0.1, 0.15) is 48.6 Å². The minimum Gasteiger partial charge on any atom is -0.369 e. The molecule has 2 fully saturated rings. The van der Waals surface area contributed by atoms with Crippen molar-refractivity contribution < 1.29 is 9.18 Å².